The third-order valence-electron chi connectivity index (χ3n) is 2.08. The molecule has 0 fully saturated rings. The SMILES string of the molecule is CCNC(=NCC(F)F)NC1CC=CC1. The van der Waals surface area contributed by atoms with Gasteiger partial charge in [0.25, 0.3) is 6.43 Å². The lowest BCUT2D eigenvalue weighted by Gasteiger charge is -2.16. The smallest absolute Gasteiger partial charge is 0.257 e. The van der Waals surface area contributed by atoms with Gasteiger partial charge in [-0.1, -0.05) is 12.2 Å². The van der Waals surface area contributed by atoms with E-state index in [1.165, 1.54) is 0 Å². The largest absolute Gasteiger partial charge is 0.357 e. The summed E-state index contributed by atoms with van der Waals surface area (Å²) in [5.74, 6) is 0.478. The van der Waals surface area contributed by atoms with Gasteiger partial charge < -0.3 is 10.6 Å². The molecule has 1 aliphatic carbocycles. The second-order valence-electron chi connectivity index (χ2n) is 3.39. The molecule has 0 unspecified atom stereocenters. The van der Waals surface area contributed by atoms with E-state index in [0.717, 1.165) is 12.8 Å². The molecule has 0 aromatic rings. The first-order chi connectivity index (χ1) is 7.22. The lowest BCUT2D eigenvalue weighted by molar-refractivity contribution is 0.158. The van der Waals surface area contributed by atoms with Crippen molar-refractivity contribution < 1.29 is 8.78 Å². The molecule has 0 aliphatic heterocycles. The van der Waals surface area contributed by atoms with Crippen LogP contribution in [0, 0.1) is 0 Å². The van der Waals surface area contributed by atoms with Crippen molar-refractivity contribution in [2.24, 2.45) is 4.99 Å². The predicted molar refractivity (Wildman–Crippen MR) is 57.3 cm³/mol. The molecular formula is C10H17F2N3. The molecule has 3 nitrogen and oxygen atoms in total. The average molecular weight is 217 g/mol. The summed E-state index contributed by atoms with van der Waals surface area (Å²) in [6.45, 7) is 2.14. The van der Waals surface area contributed by atoms with Crippen molar-refractivity contribution in [3.63, 3.8) is 0 Å². The Labute approximate surface area is 88.7 Å². The van der Waals surface area contributed by atoms with E-state index in [9.17, 15) is 8.78 Å². The lowest BCUT2D eigenvalue weighted by Crippen LogP contribution is -2.42. The molecule has 15 heavy (non-hydrogen) atoms. The standard InChI is InChI=1S/C10H17F2N3/c1-2-13-10(14-7-9(11)12)15-8-5-3-4-6-8/h3-4,8-9H,2,5-7H2,1H3,(H2,13,14,15). The van der Waals surface area contributed by atoms with Crippen LogP contribution in [0.15, 0.2) is 17.1 Å². The molecule has 0 radical (unpaired) electrons. The second-order valence-corrected chi connectivity index (χ2v) is 3.39. The van der Waals surface area contributed by atoms with E-state index < -0.39 is 13.0 Å². The number of nitrogens with zero attached hydrogens (tertiary/aromatic N) is 1. The van der Waals surface area contributed by atoms with E-state index in [2.05, 4.69) is 27.8 Å². The van der Waals surface area contributed by atoms with Gasteiger partial charge in [0.05, 0.1) is 0 Å². The molecule has 86 valence electrons. The Kier molecular flexibility index (Phi) is 5.07. The first-order valence-electron chi connectivity index (χ1n) is 5.20. The molecule has 0 aromatic heterocycles. The Hall–Kier alpha value is -1.13. The van der Waals surface area contributed by atoms with Crippen LogP contribution in [0.1, 0.15) is 19.8 Å². The van der Waals surface area contributed by atoms with E-state index in [4.69, 9.17) is 0 Å². The molecule has 0 aromatic carbocycles. The van der Waals surface area contributed by atoms with Gasteiger partial charge in [-0.3, -0.25) is 0 Å². The van der Waals surface area contributed by atoms with Crippen molar-refractivity contribution in [1.29, 1.82) is 0 Å². The number of aliphatic imine (C=N–C) groups is 1. The Morgan fingerprint density at radius 1 is 1.47 bits per heavy atom. The Bertz CT molecular complexity index is 231. The number of halogens is 2. The Balaban J connectivity index is 2.38. The van der Waals surface area contributed by atoms with E-state index >= 15 is 0 Å². The van der Waals surface area contributed by atoms with Gasteiger partial charge in [-0.2, -0.15) is 0 Å². The fourth-order valence-corrected chi connectivity index (χ4v) is 1.41. The topological polar surface area (TPSA) is 36.4 Å². The highest BCUT2D eigenvalue weighted by molar-refractivity contribution is 5.80. The maximum absolute atomic E-state index is 12.0. The minimum absolute atomic E-state index is 0.292. The van der Waals surface area contributed by atoms with Gasteiger partial charge in [0, 0.05) is 12.6 Å². The van der Waals surface area contributed by atoms with Crippen molar-refractivity contribution in [2.45, 2.75) is 32.2 Å². The first kappa shape index (κ1) is 11.9. The quantitative estimate of drug-likeness (QED) is 0.425. The number of guanidine groups is 1. The van der Waals surface area contributed by atoms with Crippen LogP contribution in [0.4, 0.5) is 8.78 Å². The second kappa shape index (κ2) is 6.37. The molecule has 0 heterocycles. The van der Waals surface area contributed by atoms with Crippen LogP contribution >= 0.6 is 0 Å². The third kappa shape index (κ3) is 4.76. The Morgan fingerprint density at radius 2 is 2.13 bits per heavy atom. The Morgan fingerprint density at radius 3 is 2.67 bits per heavy atom. The molecule has 0 bridgehead atoms. The predicted octanol–water partition coefficient (Wildman–Crippen LogP) is 1.53. The van der Waals surface area contributed by atoms with E-state index in [0.29, 0.717) is 18.5 Å². The lowest BCUT2D eigenvalue weighted by atomic mass is 10.2. The number of hydrogen-bond acceptors (Lipinski definition) is 1. The monoisotopic (exact) mass is 217 g/mol. The number of alkyl halides is 2. The molecule has 0 amide bonds. The summed E-state index contributed by atoms with van der Waals surface area (Å²) in [5, 5.41) is 6.06. The summed E-state index contributed by atoms with van der Waals surface area (Å²) in [6, 6.07) is 0.292. The van der Waals surface area contributed by atoms with Crippen LogP contribution in [-0.4, -0.2) is 31.5 Å². The summed E-state index contributed by atoms with van der Waals surface area (Å²) in [4.78, 5) is 3.79. The number of rotatable bonds is 4. The highest BCUT2D eigenvalue weighted by Crippen LogP contribution is 2.08. The zero-order valence-corrected chi connectivity index (χ0v) is 8.84. The molecule has 2 N–H and O–H groups in total. The maximum Gasteiger partial charge on any atom is 0.257 e. The maximum atomic E-state index is 12.0. The van der Waals surface area contributed by atoms with Crippen LogP contribution < -0.4 is 10.6 Å². The van der Waals surface area contributed by atoms with Gasteiger partial charge in [0.1, 0.15) is 6.54 Å². The fraction of sp³-hybridized carbons (Fsp3) is 0.700. The van der Waals surface area contributed by atoms with Crippen LogP contribution in [0.25, 0.3) is 0 Å². The zero-order chi connectivity index (χ0) is 11.1. The average Bonchev–Trinajstić information content (AvgIpc) is 2.67. The van der Waals surface area contributed by atoms with Gasteiger partial charge in [-0.15, -0.1) is 0 Å². The van der Waals surface area contributed by atoms with Crippen LogP contribution in [0.3, 0.4) is 0 Å². The summed E-state index contributed by atoms with van der Waals surface area (Å²) < 4.78 is 23.9. The minimum Gasteiger partial charge on any atom is -0.357 e. The van der Waals surface area contributed by atoms with Crippen molar-refractivity contribution >= 4 is 5.96 Å². The van der Waals surface area contributed by atoms with Crippen molar-refractivity contribution in [3.8, 4) is 0 Å². The molecule has 0 spiro atoms. The minimum atomic E-state index is -2.39. The summed E-state index contributed by atoms with van der Waals surface area (Å²) >= 11 is 0. The first-order valence-corrected chi connectivity index (χ1v) is 5.20. The van der Waals surface area contributed by atoms with E-state index in [-0.39, 0.29) is 0 Å². The van der Waals surface area contributed by atoms with Gasteiger partial charge in [0.2, 0.25) is 0 Å². The highest BCUT2D eigenvalue weighted by atomic mass is 19.3. The van der Waals surface area contributed by atoms with Crippen molar-refractivity contribution in [2.75, 3.05) is 13.1 Å². The fourth-order valence-electron chi connectivity index (χ4n) is 1.41. The zero-order valence-electron chi connectivity index (χ0n) is 8.84. The highest BCUT2D eigenvalue weighted by Gasteiger charge is 2.11. The number of hydrogen-bond donors (Lipinski definition) is 2. The summed E-state index contributed by atoms with van der Waals surface area (Å²) in [5.41, 5.74) is 0. The van der Waals surface area contributed by atoms with Crippen LogP contribution in [0.2, 0.25) is 0 Å². The molecule has 1 aliphatic rings. The van der Waals surface area contributed by atoms with Crippen LogP contribution in [0.5, 0.6) is 0 Å². The summed E-state index contributed by atoms with van der Waals surface area (Å²) in [7, 11) is 0. The summed E-state index contributed by atoms with van der Waals surface area (Å²) in [6.07, 6.45) is 3.63. The third-order valence-corrected chi connectivity index (χ3v) is 2.08. The number of nitrogens with one attached hydrogen (secondary N) is 2. The molecule has 0 saturated carbocycles. The molecule has 5 heteroatoms. The van der Waals surface area contributed by atoms with Crippen LogP contribution in [-0.2, 0) is 0 Å². The van der Waals surface area contributed by atoms with Crippen molar-refractivity contribution in [3.05, 3.63) is 12.2 Å². The van der Waals surface area contributed by atoms with Gasteiger partial charge in [0.15, 0.2) is 5.96 Å². The van der Waals surface area contributed by atoms with Gasteiger partial charge >= 0.3 is 0 Å². The van der Waals surface area contributed by atoms with E-state index in [1.54, 1.807) is 0 Å². The molecular weight excluding hydrogens is 200 g/mol. The molecule has 1 rings (SSSR count). The van der Waals surface area contributed by atoms with E-state index in [1.807, 2.05) is 6.92 Å². The normalized spacial score (nSPS) is 17.5. The van der Waals surface area contributed by atoms with Gasteiger partial charge in [-0.25, -0.2) is 13.8 Å². The van der Waals surface area contributed by atoms with Gasteiger partial charge in [-0.05, 0) is 19.8 Å². The molecule has 0 saturated heterocycles. The molecule has 0 atom stereocenters. The van der Waals surface area contributed by atoms with Crippen molar-refractivity contribution in [1.82, 2.24) is 10.6 Å².